The fourth-order valence-corrected chi connectivity index (χ4v) is 1.30. The molecule has 0 radical (unpaired) electrons. The Kier molecular flexibility index (Phi) is 6.96. The quantitative estimate of drug-likeness (QED) is 0.425. The van der Waals surface area contributed by atoms with Gasteiger partial charge in [0.2, 0.25) is 0 Å². The maximum Gasteiger partial charge on any atom is 0.316 e. The molecular weight excluding hydrogens is 200 g/mol. The number of hydrogen-bond acceptors (Lipinski definition) is 4. The number of thiol groups is 1. The predicted molar refractivity (Wildman–Crippen MR) is 60.0 cm³/mol. The molecule has 5 heteroatoms. The van der Waals surface area contributed by atoms with Crippen LogP contribution in [0, 0.1) is 0 Å². The Balaban J connectivity index is 4.03. The first-order valence-electron chi connectivity index (χ1n) is 4.69. The van der Waals surface area contributed by atoms with Crippen LogP contribution in [0.3, 0.4) is 0 Å². The number of carbonyl (C=O) groups excluding carboxylic acids is 1. The van der Waals surface area contributed by atoms with E-state index in [0.29, 0.717) is 0 Å². The van der Waals surface area contributed by atoms with Crippen LogP contribution in [-0.2, 0) is 9.53 Å². The minimum absolute atomic E-state index is 0.0466. The summed E-state index contributed by atoms with van der Waals surface area (Å²) in [7, 11) is 8.01. The third-order valence-corrected chi connectivity index (χ3v) is 1.89. The average Bonchev–Trinajstić information content (AvgIpc) is 2.01. The Labute approximate surface area is 91.6 Å². The molecule has 0 spiro atoms. The number of rotatable bonds is 6. The Hall–Kier alpha value is -0.260. The zero-order valence-electron chi connectivity index (χ0n) is 9.41. The van der Waals surface area contributed by atoms with Crippen LogP contribution in [0.4, 0.5) is 0 Å². The Morgan fingerprint density at radius 2 is 2.07 bits per heavy atom. The third kappa shape index (κ3) is 7.17. The van der Waals surface area contributed by atoms with Crippen molar-refractivity contribution in [2.24, 2.45) is 0 Å². The molecule has 0 aromatic carbocycles. The summed E-state index contributed by atoms with van der Waals surface area (Å²) >= 11 is 3.88. The molecule has 84 valence electrons. The summed E-state index contributed by atoms with van der Waals surface area (Å²) in [5, 5.41) is 0. The number of ether oxygens (including phenoxy) is 1. The Bertz CT molecular complexity index is 164. The van der Waals surface area contributed by atoms with Crippen molar-refractivity contribution in [2.75, 3.05) is 47.0 Å². The van der Waals surface area contributed by atoms with E-state index in [1.807, 2.05) is 33.1 Å². The van der Waals surface area contributed by atoms with Crippen molar-refractivity contribution < 1.29 is 14.4 Å². The number of esters is 1. The molecule has 14 heavy (non-hydrogen) atoms. The molecule has 1 atom stereocenters. The molecule has 0 saturated carbocycles. The number of nitrogens with zero attached hydrogens (tertiary/aromatic N) is 1. The van der Waals surface area contributed by atoms with E-state index in [2.05, 4.69) is 12.6 Å². The van der Waals surface area contributed by atoms with Gasteiger partial charge >= 0.3 is 5.97 Å². The smallest absolute Gasteiger partial charge is 0.316 e. The lowest BCUT2D eigenvalue weighted by molar-refractivity contribution is -0.861. The zero-order valence-corrected chi connectivity index (χ0v) is 10.3. The highest BCUT2D eigenvalue weighted by Gasteiger charge is 2.17. The van der Waals surface area contributed by atoms with Gasteiger partial charge in [0.1, 0.15) is 6.54 Å². The average molecular weight is 221 g/mol. The van der Waals surface area contributed by atoms with Gasteiger partial charge in [-0.3, -0.25) is 4.79 Å². The van der Waals surface area contributed by atoms with Gasteiger partial charge in [0, 0.05) is 6.54 Å². The van der Waals surface area contributed by atoms with E-state index in [4.69, 9.17) is 4.74 Å². The van der Waals surface area contributed by atoms with Crippen LogP contribution in [0.25, 0.3) is 0 Å². The lowest BCUT2D eigenvalue weighted by Crippen LogP contribution is -3.07. The minimum atomic E-state index is -0.249. The number of nitrogens with one attached hydrogen (secondary N) is 1. The highest BCUT2D eigenvalue weighted by molar-refractivity contribution is 7.81. The summed E-state index contributed by atoms with van der Waals surface area (Å²) in [6.45, 7) is 1.57. The van der Waals surface area contributed by atoms with Crippen LogP contribution in [0.15, 0.2) is 0 Å². The molecule has 0 aromatic heterocycles. The maximum atomic E-state index is 11.1. The number of carbonyl (C=O) groups is 1. The van der Waals surface area contributed by atoms with Crippen molar-refractivity contribution in [1.82, 2.24) is 4.90 Å². The Morgan fingerprint density at radius 1 is 1.50 bits per heavy atom. The fourth-order valence-electron chi connectivity index (χ4n) is 1.23. The molecule has 1 N–H and O–H groups in total. The second-order valence-corrected chi connectivity index (χ2v) is 4.26. The first-order chi connectivity index (χ1) is 6.45. The second-order valence-electron chi connectivity index (χ2n) is 3.94. The predicted octanol–water partition coefficient (Wildman–Crippen LogP) is -1.47. The summed E-state index contributed by atoms with van der Waals surface area (Å²) < 4.78 is 5.24. The van der Waals surface area contributed by atoms with Gasteiger partial charge in [0.15, 0.2) is 6.10 Å². The number of hydrogen-bond donors (Lipinski definition) is 2. The molecule has 0 aliphatic heterocycles. The van der Waals surface area contributed by atoms with Crippen molar-refractivity contribution in [3.05, 3.63) is 0 Å². The summed E-state index contributed by atoms with van der Waals surface area (Å²) in [5.41, 5.74) is 0. The van der Waals surface area contributed by atoms with Crippen molar-refractivity contribution in [2.45, 2.75) is 6.10 Å². The normalized spacial score (nSPS) is 13.4. The summed E-state index contributed by atoms with van der Waals surface area (Å²) in [5.74, 6) is -0.103. The lowest BCUT2D eigenvalue weighted by Gasteiger charge is -2.22. The molecule has 0 heterocycles. The van der Waals surface area contributed by atoms with Crippen molar-refractivity contribution in [3.63, 3.8) is 0 Å². The van der Waals surface area contributed by atoms with Crippen LogP contribution < -0.4 is 4.90 Å². The van der Waals surface area contributed by atoms with Gasteiger partial charge in [-0.1, -0.05) is 0 Å². The third-order valence-electron chi connectivity index (χ3n) is 1.63. The minimum Gasteiger partial charge on any atom is -0.454 e. The molecule has 1 unspecified atom stereocenters. The van der Waals surface area contributed by atoms with Crippen LogP contribution >= 0.6 is 12.6 Å². The highest BCUT2D eigenvalue weighted by Crippen LogP contribution is 1.94. The van der Waals surface area contributed by atoms with Gasteiger partial charge in [-0.15, -0.1) is 0 Å². The summed E-state index contributed by atoms with van der Waals surface area (Å²) in [6, 6.07) is 0. The molecule has 0 aliphatic carbocycles. The summed E-state index contributed by atoms with van der Waals surface area (Å²) in [4.78, 5) is 14.3. The molecule has 0 aliphatic rings. The van der Waals surface area contributed by atoms with Gasteiger partial charge < -0.3 is 14.5 Å². The van der Waals surface area contributed by atoms with E-state index in [1.54, 1.807) is 0 Å². The number of likely N-dealkylation sites (N-methyl/N-ethyl adjacent to an activating group) is 2. The van der Waals surface area contributed by atoms with Crippen molar-refractivity contribution in [3.8, 4) is 0 Å². The van der Waals surface area contributed by atoms with Gasteiger partial charge in [-0.25, -0.2) is 0 Å². The monoisotopic (exact) mass is 221 g/mol. The molecule has 0 rings (SSSR count). The van der Waals surface area contributed by atoms with Gasteiger partial charge in [-0.05, 0) is 14.1 Å². The van der Waals surface area contributed by atoms with Gasteiger partial charge in [0.25, 0.3) is 0 Å². The first kappa shape index (κ1) is 13.7. The van der Waals surface area contributed by atoms with E-state index in [9.17, 15) is 4.79 Å². The largest absolute Gasteiger partial charge is 0.454 e. The van der Waals surface area contributed by atoms with Gasteiger partial charge in [0.05, 0.1) is 19.8 Å². The van der Waals surface area contributed by atoms with Crippen LogP contribution in [0.5, 0.6) is 0 Å². The molecular formula is C9H21N2O2S+. The van der Waals surface area contributed by atoms with E-state index in [-0.39, 0.29) is 17.8 Å². The molecule has 0 fully saturated rings. The first-order valence-corrected chi connectivity index (χ1v) is 5.33. The maximum absolute atomic E-state index is 11.1. The Morgan fingerprint density at radius 3 is 2.43 bits per heavy atom. The van der Waals surface area contributed by atoms with Crippen LogP contribution in [0.1, 0.15) is 0 Å². The van der Waals surface area contributed by atoms with Crippen molar-refractivity contribution >= 4 is 18.6 Å². The van der Waals surface area contributed by atoms with E-state index in [0.717, 1.165) is 13.1 Å². The van der Waals surface area contributed by atoms with Crippen LogP contribution in [0.2, 0.25) is 0 Å². The molecule has 0 aromatic rings. The highest BCUT2D eigenvalue weighted by atomic mass is 32.1. The number of quaternary nitrogens is 1. The lowest BCUT2D eigenvalue weighted by atomic mass is 10.3. The second kappa shape index (κ2) is 7.09. The molecule has 0 bridgehead atoms. The zero-order chi connectivity index (χ0) is 11.1. The van der Waals surface area contributed by atoms with E-state index < -0.39 is 0 Å². The fraction of sp³-hybridized carbons (Fsp3) is 0.889. The summed E-state index contributed by atoms with van der Waals surface area (Å²) in [6.07, 6.45) is -0.0466. The van der Waals surface area contributed by atoms with E-state index >= 15 is 0 Å². The standard InChI is InChI=1S/C9H20N2O2S/c1-10(2)5-8(6-11(3)4)13-9(12)7-14/h8,14H,5-7H2,1-4H3/p+1. The van der Waals surface area contributed by atoms with Crippen molar-refractivity contribution in [1.29, 1.82) is 0 Å². The SMILES string of the molecule is CN(C)CC(C[NH+](C)C)OC(=O)CS. The molecule has 0 saturated heterocycles. The van der Waals surface area contributed by atoms with Crippen LogP contribution in [-0.4, -0.2) is 64.0 Å². The van der Waals surface area contributed by atoms with E-state index in [1.165, 1.54) is 4.90 Å². The molecule has 4 nitrogen and oxygen atoms in total. The molecule has 0 amide bonds. The van der Waals surface area contributed by atoms with Gasteiger partial charge in [-0.2, -0.15) is 12.6 Å². The topological polar surface area (TPSA) is 34.0 Å².